The predicted molar refractivity (Wildman–Crippen MR) is 150 cm³/mol. The smallest absolute Gasteiger partial charge is 0.347 e. The number of thioether (sulfide) groups is 1. The lowest BCUT2D eigenvalue weighted by molar-refractivity contribution is -0.138. The summed E-state index contributed by atoms with van der Waals surface area (Å²) in [5.74, 6) is -0.681. The first-order valence-electron chi connectivity index (χ1n) is 11.8. The molecule has 2 amide bonds. The van der Waals surface area contributed by atoms with Gasteiger partial charge in [0.1, 0.15) is 6.04 Å². The fourth-order valence-electron chi connectivity index (χ4n) is 4.39. The number of fused-ring (bicyclic) bond motifs is 1. The number of amidine groups is 1. The Morgan fingerprint density at radius 2 is 2.13 bits per heavy atom. The summed E-state index contributed by atoms with van der Waals surface area (Å²) in [6.07, 6.45) is -1.15. The standard InChI is InChI=1S/C25H22F3IN6O3S/c1-38-33-22(36)19-13-34(7-6-30-19)24-32-23(37)21(39-24)9-14-2-5-20-16(8-14)11-31-35(20)12-15-3-4-17(29)10-18(15)25(26,27)28/h2-5,8-11,19,30H,6-7,12-13H2,1H3,(H,33,36)/b21-9-. The molecule has 2 aliphatic rings. The summed E-state index contributed by atoms with van der Waals surface area (Å²) >= 11 is 3.10. The summed E-state index contributed by atoms with van der Waals surface area (Å²) in [6, 6.07) is 9.13. The van der Waals surface area contributed by atoms with Crippen molar-refractivity contribution >= 4 is 68.3 Å². The van der Waals surface area contributed by atoms with Gasteiger partial charge in [0.05, 0.1) is 35.8 Å². The SMILES string of the molecule is CONC(=O)C1CN(C2=NC(=O)/C(=C/c3ccc4c(cnn4Cc4ccc(I)cc4C(F)(F)F)c3)S2)CCN1. The number of rotatable bonds is 5. The highest BCUT2D eigenvalue weighted by atomic mass is 127. The Hall–Kier alpha value is -2.95. The molecule has 2 aromatic carbocycles. The van der Waals surface area contributed by atoms with Crippen LogP contribution in [0.1, 0.15) is 16.7 Å². The van der Waals surface area contributed by atoms with Gasteiger partial charge < -0.3 is 10.2 Å². The minimum Gasteiger partial charge on any atom is -0.347 e. The van der Waals surface area contributed by atoms with Crippen molar-refractivity contribution in [2.75, 3.05) is 26.7 Å². The average molecular weight is 670 g/mol. The van der Waals surface area contributed by atoms with Gasteiger partial charge in [0.2, 0.25) is 0 Å². The number of aromatic nitrogens is 2. The Bertz CT molecular complexity index is 1510. The van der Waals surface area contributed by atoms with Crippen molar-refractivity contribution in [3.05, 3.63) is 67.8 Å². The van der Waals surface area contributed by atoms with E-state index in [0.29, 0.717) is 38.8 Å². The van der Waals surface area contributed by atoms with Crippen LogP contribution in [0, 0.1) is 3.57 Å². The van der Waals surface area contributed by atoms with Crippen LogP contribution in [0.5, 0.6) is 0 Å². The molecule has 1 unspecified atom stereocenters. The predicted octanol–water partition coefficient (Wildman–Crippen LogP) is 3.63. The molecule has 1 aromatic heterocycles. The molecule has 0 spiro atoms. The van der Waals surface area contributed by atoms with Crippen molar-refractivity contribution in [2.24, 2.45) is 4.99 Å². The van der Waals surface area contributed by atoms with Crippen LogP contribution in [0.4, 0.5) is 13.2 Å². The van der Waals surface area contributed by atoms with Crippen molar-refractivity contribution in [3.63, 3.8) is 0 Å². The Kier molecular flexibility index (Phi) is 7.98. The highest BCUT2D eigenvalue weighted by Gasteiger charge is 2.34. The molecular weight excluding hydrogens is 648 g/mol. The summed E-state index contributed by atoms with van der Waals surface area (Å²) in [4.78, 5) is 35.9. The average Bonchev–Trinajstić information content (AvgIpc) is 3.47. The summed E-state index contributed by atoms with van der Waals surface area (Å²) in [7, 11) is 1.36. The van der Waals surface area contributed by atoms with Gasteiger partial charge in [-0.2, -0.15) is 23.3 Å². The molecule has 14 heteroatoms. The zero-order valence-electron chi connectivity index (χ0n) is 20.5. The monoisotopic (exact) mass is 670 g/mol. The second-order valence-corrected chi connectivity index (χ2v) is 11.1. The number of benzene rings is 2. The van der Waals surface area contributed by atoms with E-state index in [9.17, 15) is 22.8 Å². The molecule has 204 valence electrons. The van der Waals surface area contributed by atoms with Gasteiger partial charge in [-0.05, 0) is 75.8 Å². The number of carbonyl (C=O) groups excluding carboxylic acids is 2. The number of carbonyl (C=O) groups is 2. The topological polar surface area (TPSA) is 101 Å². The molecule has 1 fully saturated rings. The van der Waals surface area contributed by atoms with E-state index < -0.39 is 17.8 Å². The van der Waals surface area contributed by atoms with E-state index in [4.69, 9.17) is 4.84 Å². The van der Waals surface area contributed by atoms with E-state index in [1.54, 1.807) is 30.5 Å². The fourth-order valence-corrected chi connectivity index (χ4v) is 5.83. The van der Waals surface area contributed by atoms with Crippen LogP contribution >= 0.6 is 34.4 Å². The number of hydroxylamine groups is 1. The summed E-state index contributed by atoms with van der Waals surface area (Å²) in [5, 5.41) is 8.67. The first-order chi connectivity index (χ1) is 18.6. The van der Waals surface area contributed by atoms with Crippen molar-refractivity contribution in [2.45, 2.75) is 18.8 Å². The molecule has 2 N–H and O–H groups in total. The summed E-state index contributed by atoms with van der Waals surface area (Å²) < 4.78 is 42.8. The highest BCUT2D eigenvalue weighted by Crippen LogP contribution is 2.34. The molecule has 1 saturated heterocycles. The maximum Gasteiger partial charge on any atom is 0.416 e. The number of aliphatic imine (C=N–C) groups is 1. The second-order valence-electron chi connectivity index (χ2n) is 8.85. The lowest BCUT2D eigenvalue weighted by Gasteiger charge is -2.33. The lowest BCUT2D eigenvalue weighted by Crippen LogP contribution is -2.57. The molecule has 0 radical (unpaired) electrons. The minimum atomic E-state index is -4.47. The normalized spacial score (nSPS) is 19.2. The Morgan fingerprint density at radius 3 is 2.90 bits per heavy atom. The van der Waals surface area contributed by atoms with Gasteiger partial charge in [0, 0.05) is 28.6 Å². The minimum absolute atomic E-state index is 0.0324. The highest BCUT2D eigenvalue weighted by molar-refractivity contribution is 14.1. The van der Waals surface area contributed by atoms with Crippen LogP contribution in [0.3, 0.4) is 0 Å². The van der Waals surface area contributed by atoms with E-state index >= 15 is 0 Å². The zero-order chi connectivity index (χ0) is 27.7. The molecule has 0 bridgehead atoms. The number of piperazine rings is 1. The van der Waals surface area contributed by atoms with Crippen LogP contribution in [-0.4, -0.2) is 64.4 Å². The van der Waals surface area contributed by atoms with Gasteiger partial charge in [-0.15, -0.1) is 0 Å². The fraction of sp³-hybridized carbons (Fsp3) is 0.280. The van der Waals surface area contributed by atoms with E-state index in [2.05, 4.69) is 20.9 Å². The Morgan fingerprint density at radius 1 is 1.31 bits per heavy atom. The number of alkyl halides is 3. The number of hydrogen-bond acceptors (Lipinski definition) is 7. The number of nitrogens with zero attached hydrogens (tertiary/aromatic N) is 4. The maximum atomic E-state index is 13.6. The number of halogens is 4. The van der Waals surface area contributed by atoms with Gasteiger partial charge in [-0.25, -0.2) is 5.48 Å². The molecule has 0 saturated carbocycles. The van der Waals surface area contributed by atoms with Gasteiger partial charge in [0.25, 0.3) is 11.8 Å². The summed E-state index contributed by atoms with van der Waals surface area (Å²) in [5.41, 5.74) is 3.17. The zero-order valence-corrected chi connectivity index (χ0v) is 23.4. The van der Waals surface area contributed by atoms with Crippen LogP contribution in [0.15, 0.2) is 52.5 Å². The Balaban J connectivity index is 1.32. The van der Waals surface area contributed by atoms with Crippen LogP contribution in [0.2, 0.25) is 0 Å². The van der Waals surface area contributed by atoms with E-state index in [1.807, 2.05) is 33.6 Å². The van der Waals surface area contributed by atoms with E-state index in [1.165, 1.54) is 29.6 Å². The third-order valence-electron chi connectivity index (χ3n) is 6.24. The number of nitrogens with one attached hydrogen (secondary N) is 2. The quantitative estimate of drug-likeness (QED) is 0.243. The molecule has 39 heavy (non-hydrogen) atoms. The molecule has 2 aliphatic heterocycles. The molecule has 3 aromatic rings. The number of amides is 2. The first kappa shape index (κ1) is 27.6. The van der Waals surface area contributed by atoms with Crippen molar-refractivity contribution in [3.8, 4) is 0 Å². The molecule has 9 nitrogen and oxygen atoms in total. The van der Waals surface area contributed by atoms with Crippen LogP contribution in [0.25, 0.3) is 17.0 Å². The third-order valence-corrected chi connectivity index (χ3v) is 7.95. The van der Waals surface area contributed by atoms with Crippen LogP contribution < -0.4 is 10.8 Å². The lowest BCUT2D eigenvalue weighted by atomic mass is 10.1. The third kappa shape index (κ3) is 6.13. The number of hydrogen-bond donors (Lipinski definition) is 2. The van der Waals surface area contributed by atoms with Gasteiger partial charge in [-0.3, -0.25) is 19.1 Å². The largest absolute Gasteiger partial charge is 0.416 e. The molecule has 3 heterocycles. The molecule has 0 aliphatic carbocycles. The van der Waals surface area contributed by atoms with E-state index in [0.717, 1.165) is 17.0 Å². The first-order valence-corrected chi connectivity index (χ1v) is 13.7. The molecule has 5 rings (SSSR count). The van der Waals surface area contributed by atoms with Gasteiger partial charge in [-0.1, -0.05) is 12.1 Å². The molecular formula is C25H22F3IN6O3S. The van der Waals surface area contributed by atoms with Gasteiger partial charge >= 0.3 is 6.18 Å². The Labute approximate surface area is 238 Å². The van der Waals surface area contributed by atoms with Crippen molar-refractivity contribution in [1.29, 1.82) is 0 Å². The summed E-state index contributed by atoms with van der Waals surface area (Å²) in [6.45, 7) is 1.44. The van der Waals surface area contributed by atoms with E-state index in [-0.39, 0.29) is 23.9 Å². The maximum absolute atomic E-state index is 13.6. The van der Waals surface area contributed by atoms with Gasteiger partial charge in [0.15, 0.2) is 5.17 Å². The molecule has 1 atom stereocenters. The second kappa shape index (κ2) is 11.3. The van der Waals surface area contributed by atoms with Crippen molar-refractivity contribution in [1.82, 2.24) is 25.5 Å². The van der Waals surface area contributed by atoms with Crippen molar-refractivity contribution < 1.29 is 27.6 Å². The van der Waals surface area contributed by atoms with Crippen LogP contribution in [-0.2, 0) is 27.1 Å².